The number of nitrogens with one attached hydrogen (secondary N) is 1. The average Bonchev–Trinajstić information content (AvgIpc) is 2.82. The minimum atomic E-state index is 0.296. The third-order valence-corrected chi connectivity index (χ3v) is 5.17. The normalized spacial score (nSPS) is 25.4. The molecule has 1 aromatic rings. The molecule has 96 valence electrons. The smallest absolute Gasteiger partial charge is 0.0302 e. The number of hydrogen-bond acceptors (Lipinski definition) is 2. The van der Waals surface area contributed by atoms with Crippen molar-refractivity contribution in [2.24, 2.45) is 5.92 Å². The molecule has 1 nitrogen and oxygen atoms in total. The van der Waals surface area contributed by atoms with E-state index >= 15 is 0 Å². The van der Waals surface area contributed by atoms with Gasteiger partial charge in [0.05, 0.1) is 0 Å². The Kier molecular flexibility index (Phi) is 3.94. The summed E-state index contributed by atoms with van der Waals surface area (Å²) >= 11 is 1.96. The first-order chi connectivity index (χ1) is 7.95. The van der Waals surface area contributed by atoms with Crippen LogP contribution in [0.1, 0.15) is 56.7 Å². The fourth-order valence-corrected chi connectivity index (χ4v) is 3.53. The van der Waals surface area contributed by atoms with Gasteiger partial charge in [0.15, 0.2) is 0 Å². The van der Waals surface area contributed by atoms with E-state index in [-0.39, 0.29) is 0 Å². The Balaban J connectivity index is 1.85. The number of thiophene rings is 1. The molecule has 17 heavy (non-hydrogen) atoms. The molecule has 1 aliphatic rings. The lowest BCUT2D eigenvalue weighted by atomic mass is 9.95. The molecule has 2 unspecified atom stereocenters. The van der Waals surface area contributed by atoms with E-state index < -0.39 is 0 Å². The van der Waals surface area contributed by atoms with Crippen molar-refractivity contribution in [3.8, 4) is 0 Å². The molecule has 1 heterocycles. The highest BCUT2D eigenvalue weighted by Crippen LogP contribution is 2.30. The third-order valence-electron chi connectivity index (χ3n) is 3.66. The van der Waals surface area contributed by atoms with Crippen LogP contribution in [-0.2, 0) is 12.0 Å². The molecule has 1 fully saturated rings. The van der Waals surface area contributed by atoms with E-state index in [1.807, 2.05) is 11.3 Å². The Labute approximate surface area is 110 Å². The van der Waals surface area contributed by atoms with Gasteiger partial charge in [0, 0.05) is 22.3 Å². The van der Waals surface area contributed by atoms with Crippen LogP contribution in [0.5, 0.6) is 0 Å². The van der Waals surface area contributed by atoms with E-state index in [9.17, 15) is 0 Å². The van der Waals surface area contributed by atoms with Gasteiger partial charge in [-0.2, -0.15) is 0 Å². The summed E-state index contributed by atoms with van der Waals surface area (Å²) in [6.07, 6.45) is 4.12. The highest BCUT2D eigenvalue weighted by atomic mass is 32.1. The first kappa shape index (κ1) is 13.1. The quantitative estimate of drug-likeness (QED) is 0.843. The summed E-state index contributed by atoms with van der Waals surface area (Å²) in [6.45, 7) is 10.3. The molecule has 1 saturated carbocycles. The summed E-state index contributed by atoms with van der Waals surface area (Å²) in [5, 5.41) is 3.70. The fraction of sp³-hybridized carbons (Fsp3) is 0.733. The van der Waals surface area contributed by atoms with Gasteiger partial charge < -0.3 is 5.32 Å². The maximum atomic E-state index is 3.70. The Morgan fingerprint density at radius 3 is 2.59 bits per heavy atom. The van der Waals surface area contributed by atoms with Crippen molar-refractivity contribution in [1.29, 1.82) is 0 Å². The Bertz CT molecular complexity index is 361. The maximum Gasteiger partial charge on any atom is 0.0302 e. The van der Waals surface area contributed by atoms with Crippen LogP contribution in [0.15, 0.2) is 12.1 Å². The summed E-state index contributed by atoms with van der Waals surface area (Å²) in [6, 6.07) is 5.33. The maximum absolute atomic E-state index is 3.70. The summed E-state index contributed by atoms with van der Waals surface area (Å²) in [7, 11) is 0. The van der Waals surface area contributed by atoms with E-state index in [4.69, 9.17) is 0 Å². The molecule has 0 saturated heterocycles. The lowest BCUT2D eigenvalue weighted by molar-refractivity contribution is 0.504. The van der Waals surface area contributed by atoms with Gasteiger partial charge in [-0.3, -0.25) is 0 Å². The van der Waals surface area contributed by atoms with Gasteiger partial charge in [0.25, 0.3) is 0 Å². The summed E-state index contributed by atoms with van der Waals surface area (Å²) < 4.78 is 0. The zero-order valence-electron chi connectivity index (χ0n) is 11.5. The zero-order valence-corrected chi connectivity index (χ0v) is 12.4. The van der Waals surface area contributed by atoms with Gasteiger partial charge in [-0.25, -0.2) is 0 Å². The molecule has 0 spiro atoms. The van der Waals surface area contributed by atoms with Crippen molar-refractivity contribution in [3.05, 3.63) is 21.9 Å². The first-order valence-corrected chi connectivity index (χ1v) is 7.59. The van der Waals surface area contributed by atoms with E-state index in [0.717, 1.165) is 18.5 Å². The van der Waals surface area contributed by atoms with Crippen LogP contribution in [0, 0.1) is 5.92 Å². The van der Waals surface area contributed by atoms with Crippen molar-refractivity contribution >= 4 is 11.3 Å². The van der Waals surface area contributed by atoms with Gasteiger partial charge in [-0.05, 0) is 42.7 Å². The van der Waals surface area contributed by atoms with Gasteiger partial charge in [0.2, 0.25) is 0 Å². The Hall–Kier alpha value is -0.340. The van der Waals surface area contributed by atoms with Gasteiger partial charge in [0.1, 0.15) is 0 Å². The van der Waals surface area contributed by atoms with Crippen molar-refractivity contribution < 1.29 is 0 Å². The second kappa shape index (κ2) is 5.11. The van der Waals surface area contributed by atoms with Crippen LogP contribution in [0.25, 0.3) is 0 Å². The molecule has 2 rings (SSSR count). The first-order valence-electron chi connectivity index (χ1n) is 6.78. The third kappa shape index (κ3) is 3.56. The second-order valence-electron chi connectivity index (χ2n) is 6.51. The van der Waals surface area contributed by atoms with E-state index in [1.54, 1.807) is 0 Å². The molecule has 0 bridgehead atoms. The molecule has 2 atom stereocenters. The minimum absolute atomic E-state index is 0.296. The highest BCUT2D eigenvalue weighted by Gasteiger charge is 2.21. The molecule has 1 aliphatic carbocycles. The summed E-state index contributed by atoms with van der Waals surface area (Å²) in [5.41, 5.74) is 0.296. The minimum Gasteiger partial charge on any atom is -0.309 e. The monoisotopic (exact) mass is 251 g/mol. The summed E-state index contributed by atoms with van der Waals surface area (Å²) in [5.74, 6) is 0.918. The van der Waals surface area contributed by atoms with Crippen LogP contribution < -0.4 is 5.32 Å². The van der Waals surface area contributed by atoms with E-state index in [0.29, 0.717) is 5.41 Å². The van der Waals surface area contributed by atoms with Crippen LogP contribution in [0.3, 0.4) is 0 Å². The van der Waals surface area contributed by atoms with Gasteiger partial charge in [-0.15, -0.1) is 11.3 Å². The number of rotatable bonds is 3. The summed E-state index contributed by atoms with van der Waals surface area (Å²) in [4.78, 5) is 2.98. The predicted octanol–water partition coefficient (Wildman–Crippen LogP) is 4.32. The molecule has 2 heteroatoms. The van der Waals surface area contributed by atoms with E-state index in [1.165, 1.54) is 29.0 Å². The van der Waals surface area contributed by atoms with E-state index in [2.05, 4.69) is 45.1 Å². The Morgan fingerprint density at radius 2 is 2.06 bits per heavy atom. The second-order valence-corrected chi connectivity index (χ2v) is 7.68. The Morgan fingerprint density at radius 1 is 1.29 bits per heavy atom. The molecule has 0 aliphatic heterocycles. The highest BCUT2D eigenvalue weighted by molar-refractivity contribution is 7.12. The van der Waals surface area contributed by atoms with Gasteiger partial charge in [-0.1, -0.05) is 27.7 Å². The molecular weight excluding hydrogens is 226 g/mol. The molecule has 0 radical (unpaired) electrons. The van der Waals surface area contributed by atoms with Crippen LogP contribution >= 0.6 is 11.3 Å². The zero-order chi connectivity index (χ0) is 12.5. The van der Waals surface area contributed by atoms with Crippen molar-refractivity contribution in [1.82, 2.24) is 5.32 Å². The van der Waals surface area contributed by atoms with Gasteiger partial charge >= 0.3 is 0 Å². The predicted molar refractivity (Wildman–Crippen MR) is 76.7 cm³/mol. The standard InChI is InChI=1S/C15H25NS/c1-11-5-6-12(9-11)16-10-13-7-8-14(17-13)15(2,3)4/h7-8,11-12,16H,5-6,9-10H2,1-4H3. The average molecular weight is 251 g/mol. The van der Waals surface area contributed by atoms with Crippen molar-refractivity contribution in [3.63, 3.8) is 0 Å². The molecular formula is C15H25NS. The number of hydrogen-bond donors (Lipinski definition) is 1. The van der Waals surface area contributed by atoms with Crippen LogP contribution in [0.2, 0.25) is 0 Å². The van der Waals surface area contributed by atoms with Crippen molar-refractivity contribution in [2.75, 3.05) is 0 Å². The topological polar surface area (TPSA) is 12.0 Å². The van der Waals surface area contributed by atoms with Crippen LogP contribution in [0.4, 0.5) is 0 Å². The lowest BCUT2D eigenvalue weighted by Gasteiger charge is -2.15. The largest absolute Gasteiger partial charge is 0.309 e. The molecule has 1 aromatic heterocycles. The molecule has 0 amide bonds. The van der Waals surface area contributed by atoms with Crippen molar-refractivity contribution in [2.45, 2.75) is 65.0 Å². The molecule has 1 N–H and O–H groups in total. The lowest BCUT2D eigenvalue weighted by Crippen LogP contribution is -2.25. The van der Waals surface area contributed by atoms with Crippen LogP contribution in [-0.4, -0.2) is 6.04 Å². The fourth-order valence-electron chi connectivity index (χ4n) is 2.51. The SMILES string of the molecule is CC1CCC(NCc2ccc(C(C)(C)C)s2)C1. The molecule has 0 aromatic carbocycles.